The summed E-state index contributed by atoms with van der Waals surface area (Å²) in [4.78, 5) is 2.38. The summed E-state index contributed by atoms with van der Waals surface area (Å²) in [6.07, 6.45) is 0. The molecule has 9 rings (SSSR count). The molecule has 0 aliphatic rings. The highest BCUT2D eigenvalue weighted by Crippen LogP contribution is 2.42. The van der Waals surface area contributed by atoms with Crippen LogP contribution in [-0.2, 0) is 0 Å². The minimum absolute atomic E-state index is 1.10. The van der Waals surface area contributed by atoms with E-state index in [1.54, 1.807) is 0 Å². The van der Waals surface area contributed by atoms with Crippen LogP contribution in [0.5, 0.6) is 0 Å². The Hall–Kier alpha value is -6.64. The van der Waals surface area contributed by atoms with E-state index in [9.17, 15) is 0 Å². The van der Waals surface area contributed by atoms with E-state index in [0.29, 0.717) is 0 Å². The van der Waals surface area contributed by atoms with Crippen LogP contribution in [0.25, 0.3) is 60.9 Å². The van der Waals surface area contributed by atoms with Crippen molar-refractivity contribution in [2.24, 2.45) is 0 Å². The predicted octanol–water partition coefficient (Wildman–Crippen LogP) is 13.9. The second kappa shape index (κ2) is 13.2. The van der Waals surface area contributed by atoms with Gasteiger partial charge in [0.1, 0.15) is 0 Å². The third-order valence-electron chi connectivity index (χ3n) is 10.1. The quantitative estimate of drug-likeness (QED) is 0.164. The lowest BCUT2D eigenvalue weighted by Crippen LogP contribution is -2.10. The summed E-state index contributed by atoms with van der Waals surface area (Å²) in [5, 5.41) is 2.47. The van der Waals surface area contributed by atoms with E-state index in [1.165, 1.54) is 72.0 Å². The summed E-state index contributed by atoms with van der Waals surface area (Å²) in [6.45, 7) is 4.33. The maximum atomic E-state index is 2.46. The average Bonchev–Trinajstić information content (AvgIpc) is 3.53. The van der Waals surface area contributed by atoms with Gasteiger partial charge in [-0.25, -0.2) is 0 Å². The molecule has 1 aromatic heterocycles. The number of aryl methyl sites for hydroxylation is 2. The highest BCUT2D eigenvalue weighted by molar-refractivity contribution is 6.11. The third kappa shape index (κ3) is 5.75. The van der Waals surface area contributed by atoms with Crippen LogP contribution in [0.1, 0.15) is 11.1 Å². The Bertz CT molecular complexity index is 2570. The molecule has 0 aliphatic heterocycles. The summed E-state index contributed by atoms with van der Waals surface area (Å²) < 4.78 is 2.46. The molecule has 9 aromatic rings. The summed E-state index contributed by atoms with van der Waals surface area (Å²) in [5.41, 5.74) is 16.6. The molecule has 0 atom stereocenters. The smallest absolute Gasteiger partial charge is 0.0562 e. The fourth-order valence-corrected chi connectivity index (χ4v) is 7.48. The highest BCUT2D eigenvalue weighted by Gasteiger charge is 2.19. The molecule has 2 nitrogen and oxygen atoms in total. The Kier molecular flexibility index (Phi) is 7.98. The van der Waals surface area contributed by atoms with Crippen LogP contribution in [-0.4, -0.2) is 4.57 Å². The lowest BCUT2D eigenvalue weighted by molar-refractivity contribution is 1.17. The van der Waals surface area contributed by atoms with E-state index in [1.807, 2.05) is 0 Å². The minimum atomic E-state index is 1.10. The van der Waals surface area contributed by atoms with Gasteiger partial charge in [0.15, 0.2) is 0 Å². The fourth-order valence-electron chi connectivity index (χ4n) is 7.48. The number of benzene rings is 8. The molecule has 248 valence electrons. The van der Waals surface area contributed by atoms with Gasteiger partial charge in [-0.15, -0.1) is 0 Å². The van der Waals surface area contributed by atoms with E-state index >= 15 is 0 Å². The van der Waals surface area contributed by atoms with Crippen LogP contribution >= 0.6 is 0 Å². The maximum Gasteiger partial charge on any atom is 0.0562 e. The van der Waals surface area contributed by atoms with Crippen molar-refractivity contribution in [2.75, 3.05) is 4.90 Å². The zero-order valence-corrected chi connectivity index (χ0v) is 29.4. The number of aromatic nitrogens is 1. The number of hydrogen-bond donors (Lipinski definition) is 0. The molecule has 0 bridgehead atoms. The van der Waals surface area contributed by atoms with Crippen molar-refractivity contribution in [3.05, 3.63) is 205 Å². The third-order valence-corrected chi connectivity index (χ3v) is 10.1. The zero-order chi connectivity index (χ0) is 35.0. The summed E-state index contributed by atoms with van der Waals surface area (Å²) >= 11 is 0. The van der Waals surface area contributed by atoms with Gasteiger partial charge >= 0.3 is 0 Å². The van der Waals surface area contributed by atoms with Crippen molar-refractivity contribution in [2.45, 2.75) is 13.8 Å². The Balaban J connectivity index is 1.25. The van der Waals surface area contributed by atoms with Crippen LogP contribution < -0.4 is 4.90 Å². The molecule has 0 amide bonds. The second-order valence-corrected chi connectivity index (χ2v) is 13.6. The molecular weight excluding hydrogens is 629 g/mol. The van der Waals surface area contributed by atoms with E-state index in [0.717, 1.165) is 17.1 Å². The van der Waals surface area contributed by atoms with Gasteiger partial charge in [0.05, 0.1) is 16.7 Å². The topological polar surface area (TPSA) is 8.17 Å². The van der Waals surface area contributed by atoms with Crippen molar-refractivity contribution < 1.29 is 0 Å². The first kappa shape index (κ1) is 31.3. The molecule has 1 heterocycles. The number of hydrogen-bond acceptors (Lipinski definition) is 1. The van der Waals surface area contributed by atoms with E-state index in [2.05, 4.69) is 217 Å². The van der Waals surface area contributed by atoms with Crippen molar-refractivity contribution in [1.29, 1.82) is 0 Å². The molecule has 0 aliphatic carbocycles. The van der Waals surface area contributed by atoms with Gasteiger partial charge in [-0.05, 0) is 95.8 Å². The van der Waals surface area contributed by atoms with Gasteiger partial charge in [0.2, 0.25) is 0 Å². The Morgan fingerprint density at radius 2 is 0.827 bits per heavy atom. The van der Waals surface area contributed by atoms with E-state index in [-0.39, 0.29) is 0 Å². The molecule has 0 N–H and O–H groups in total. The summed E-state index contributed by atoms with van der Waals surface area (Å²) in [5.74, 6) is 0. The molecule has 0 saturated carbocycles. The highest BCUT2D eigenvalue weighted by atomic mass is 15.1. The van der Waals surface area contributed by atoms with Gasteiger partial charge < -0.3 is 9.47 Å². The van der Waals surface area contributed by atoms with Crippen molar-refractivity contribution in [3.63, 3.8) is 0 Å². The van der Waals surface area contributed by atoms with Gasteiger partial charge in [-0.1, -0.05) is 151 Å². The van der Waals surface area contributed by atoms with Gasteiger partial charge in [0, 0.05) is 33.4 Å². The largest absolute Gasteiger partial charge is 0.310 e. The standard InChI is InChI=1S/C50H38N2/c1-35-17-20-41(21-18-35)45-31-19-36(2)33-49(45)52-48-16-10-9-15-46(48)47-32-30-44(34-50(47)52)51(42-26-22-39(23-27-42)37-11-5-3-6-12-37)43-28-24-40(25-29-43)38-13-7-4-8-14-38/h3-34H,1-2H3. The lowest BCUT2D eigenvalue weighted by Gasteiger charge is -2.26. The summed E-state index contributed by atoms with van der Waals surface area (Å²) in [6, 6.07) is 70.5. The zero-order valence-electron chi connectivity index (χ0n) is 29.4. The average molecular weight is 667 g/mol. The minimum Gasteiger partial charge on any atom is -0.310 e. The maximum absolute atomic E-state index is 2.46. The molecule has 0 radical (unpaired) electrons. The molecule has 0 unspecified atom stereocenters. The molecule has 8 aromatic carbocycles. The van der Waals surface area contributed by atoms with Crippen molar-refractivity contribution in [1.82, 2.24) is 4.57 Å². The van der Waals surface area contributed by atoms with E-state index < -0.39 is 0 Å². The summed E-state index contributed by atoms with van der Waals surface area (Å²) in [7, 11) is 0. The molecule has 2 heteroatoms. The van der Waals surface area contributed by atoms with Crippen LogP contribution in [0.3, 0.4) is 0 Å². The Labute approximate surface area is 305 Å². The van der Waals surface area contributed by atoms with Crippen LogP contribution in [0, 0.1) is 13.8 Å². The molecule has 0 saturated heterocycles. The molecule has 52 heavy (non-hydrogen) atoms. The number of anilines is 3. The predicted molar refractivity (Wildman–Crippen MR) is 221 cm³/mol. The number of para-hydroxylation sites is 1. The van der Waals surface area contributed by atoms with Crippen LogP contribution in [0.15, 0.2) is 194 Å². The van der Waals surface area contributed by atoms with Crippen molar-refractivity contribution in [3.8, 4) is 39.1 Å². The SMILES string of the molecule is Cc1ccc(-c2ccc(C)cc2-n2c3ccccc3c3ccc(N(c4ccc(-c5ccccc5)cc4)c4ccc(-c5ccccc5)cc4)cc32)cc1. The van der Waals surface area contributed by atoms with E-state index in [4.69, 9.17) is 0 Å². The van der Waals surface area contributed by atoms with Gasteiger partial charge in [0.25, 0.3) is 0 Å². The Morgan fingerprint density at radius 1 is 0.346 bits per heavy atom. The van der Waals surface area contributed by atoms with Gasteiger partial charge in [-0.2, -0.15) is 0 Å². The van der Waals surface area contributed by atoms with Crippen LogP contribution in [0.4, 0.5) is 17.1 Å². The normalized spacial score (nSPS) is 11.3. The second-order valence-electron chi connectivity index (χ2n) is 13.6. The number of nitrogens with zero attached hydrogens (tertiary/aromatic N) is 2. The first-order valence-corrected chi connectivity index (χ1v) is 17.9. The lowest BCUT2D eigenvalue weighted by atomic mass is 10.0. The molecule has 0 fully saturated rings. The number of fused-ring (bicyclic) bond motifs is 3. The van der Waals surface area contributed by atoms with Crippen molar-refractivity contribution >= 4 is 38.9 Å². The first-order chi connectivity index (χ1) is 25.6. The van der Waals surface area contributed by atoms with Gasteiger partial charge in [-0.3, -0.25) is 0 Å². The molecule has 0 spiro atoms. The number of rotatable bonds is 7. The fraction of sp³-hybridized carbons (Fsp3) is 0.0400. The monoisotopic (exact) mass is 666 g/mol. The first-order valence-electron chi connectivity index (χ1n) is 17.9. The Morgan fingerprint density at radius 3 is 1.44 bits per heavy atom. The van der Waals surface area contributed by atoms with Crippen LogP contribution in [0.2, 0.25) is 0 Å². The molecular formula is C50H38N2.